The van der Waals surface area contributed by atoms with Crippen LogP contribution in [-0.4, -0.2) is 12.3 Å². The maximum absolute atomic E-state index is 11.6. The Labute approximate surface area is 84.1 Å². The fraction of sp³-hybridized carbons (Fsp3) is 0.545. The van der Waals surface area contributed by atoms with Crippen LogP contribution in [0, 0.1) is 18.6 Å². The Kier molecular flexibility index (Phi) is 2.72. The number of hydrogen-bond donors (Lipinski definition) is 0. The first-order valence-electron chi connectivity index (χ1n) is 4.46. The molecule has 1 aliphatic carbocycles. The molecule has 0 saturated heterocycles. The van der Waals surface area contributed by atoms with Crippen LogP contribution < -0.4 is 0 Å². The van der Waals surface area contributed by atoms with E-state index in [2.05, 4.69) is 9.69 Å². The Morgan fingerprint density at radius 1 is 1.36 bits per heavy atom. The molecule has 1 aliphatic rings. The molecule has 0 atom stereocenters. The summed E-state index contributed by atoms with van der Waals surface area (Å²) in [4.78, 5) is 18.0. The van der Waals surface area contributed by atoms with Crippen LogP contribution in [-0.2, 0) is 4.79 Å². The summed E-state index contributed by atoms with van der Waals surface area (Å²) >= 11 is 0. The van der Waals surface area contributed by atoms with Crippen LogP contribution >= 0.6 is 0 Å². The molecular formula is C11H12N2O. The molecule has 1 rings (SSSR count). The van der Waals surface area contributed by atoms with Gasteiger partial charge in [-0.2, -0.15) is 0 Å². The van der Waals surface area contributed by atoms with Crippen LogP contribution in [0.4, 0.5) is 0 Å². The van der Waals surface area contributed by atoms with Crippen molar-refractivity contribution in [2.45, 2.75) is 26.7 Å². The fourth-order valence-electron chi connectivity index (χ4n) is 1.81. The van der Waals surface area contributed by atoms with E-state index < -0.39 is 0 Å². The van der Waals surface area contributed by atoms with Crippen molar-refractivity contribution in [1.82, 2.24) is 0 Å². The smallest absolute Gasteiger partial charge is 0.235 e. The number of ketones is 1. The fourth-order valence-corrected chi connectivity index (χ4v) is 1.81. The van der Waals surface area contributed by atoms with E-state index in [0.29, 0.717) is 12.8 Å². The molecule has 3 nitrogen and oxygen atoms in total. The molecule has 3 heteroatoms. The van der Waals surface area contributed by atoms with E-state index >= 15 is 0 Å². The minimum absolute atomic E-state index is 0.0920. The van der Waals surface area contributed by atoms with Gasteiger partial charge in [-0.15, -0.1) is 0 Å². The highest BCUT2D eigenvalue weighted by Crippen LogP contribution is 2.37. The van der Waals surface area contributed by atoms with E-state index in [4.69, 9.17) is 13.1 Å². The quantitative estimate of drug-likeness (QED) is 0.580. The van der Waals surface area contributed by atoms with Gasteiger partial charge in [0.25, 0.3) is 0 Å². The normalized spacial score (nSPS) is 20.1. The summed E-state index contributed by atoms with van der Waals surface area (Å²) in [7, 11) is 0. The summed E-state index contributed by atoms with van der Waals surface area (Å²) in [6, 6.07) is 0. The van der Waals surface area contributed by atoms with Crippen LogP contribution in [0.5, 0.6) is 0 Å². The Morgan fingerprint density at radius 3 is 2.50 bits per heavy atom. The maximum Gasteiger partial charge on any atom is 0.235 e. The Hall–Kier alpha value is -1.61. The molecule has 0 saturated carbocycles. The first-order valence-corrected chi connectivity index (χ1v) is 4.46. The zero-order chi connectivity index (χ0) is 10.8. The van der Waals surface area contributed by atoms with Crippen molar-refractivity contribution >= 4 is 5.78 Å². The molecule has 0 fully saturated rings. The number of Topliss-reactive ketones (excluding diaryl/α,β-unsaturated/α-hetero) is 1. The first-order chi connectivity index (χ1) is 6.50. The molecule has 0 aromatic rings. The minimum atomic E-state index is -0.102. The lowest BCUT2D eigenvalue weighted by Crippen LogP contribution is -2.25. The van der Waals surface area contributed by atoms with Crippen molar-refractivity contribution in [1.29, 1.82) is 0 Å². The predicted octanol–water partition coefficient (Wildman–Crippen LogP) is 2.47. The molecule has 0 aromatic heterocycles. The molecular weight excluding hydrogens is 176 g/mol. The summed E-state index contributed by atoms with van der Waals surface area (Å²) < 4.78 is 0. The number of hydrogen-bond acceptors (Lipinski definition) is 1. The first kappa shape index (κ1) is 10.5. The molecule has 0 spiro atoms. The predicted molar refractivity (Wildman–Crippen MR) is 53.1 cm³/mol. The SMILES string of the molecule is [C-]#[N+]CC1=C([N+]#[C-])C(=O)CC(C)(C)C1. The Morgan fingerprint density at radius 2 is 2.00 bits per heavy atom. The second kappa shape index (κ2) is 3.64. The van der Waals surface area contributed by atoms with Crippen LogP contribution in [0.2, 0.25) is 0 Å². The van der Waals surface area contributed by atoms with E-state index in [1.807, 2.05) is 13.8 Å². The third kappa shape index (κ3) is 2.00. The van der Waals surface area contributed by atoms with E-state index in [1.54, 1.807) is 0 Å². The minimum Gasteiger partial charge on any atom is -0.314 e. The zero-order valence-corrected chi connectivity index (χ0v) is 8.42. The van der Waals surface area contributed by atoms with Gasteiger partial charge in [0.1, 0.15) is 0 Å². The lowest BCUT2D eigenvalue weighted by Gasteiger charge is -2.28. The summed E-state index contributed by atoms with van der Waals surface area (Å²) in [5.74, 6) is -0.102. The Balaban J connectivity index is 3.11. The van der Waals surface area contributed by atoms with E-state index in [0.717, 1.165) is 5.57 Å². The van der Waals surface area contributed by atoms with Gasteiger partial charge in [0.2, 0.25) is 12.2 Å². The Bertz CT molecular complexity index is 377. The van der Waals surface area contributed by atoms with Crippen molar-refractivity contribution in [3.05, 3.63) is 34.1 Å². The van der Waals surface area contributed by atoms with Gasteiger partial charge >= 0.3 is 0 Å². The number of allylic oxidation sites excluding steroid dienone is 1. The number of rotatable bonds is 1. The van der Waals surface area contributed by atoms with Gasteiger partial charge < -0.3 is 9.64 Å². The molecule has 14 heavy (non-hydrogen) atoms. The van der Waals surface area contributed by atoms with Crippen molar-refractivity contribution in [3.63, 3.8) is 0 Å². The number of nitrogens with zero attached hydrogens (tertiary/aromatic N) is 2. The molecule has 0 heterocycles. The molecule has 0 bridgehead atoms. The van der Waals surface area contributed by atoms with Gasteiger partial charge in [0.15, 0.2) is 5.78 Å². The number of carbonyl (C=O) groups excluding carboxylic acids is 1. The standard InChI is InChI=1S/C11H12N2O/c1-11(2)5-8(7-12-3)10(13-4)9(14)6-11/h5-7H2,1-2H3. The van der Waals surface area contributed by atoms with Gasteiger partial charge in [-0.3, -0.25) is 0 Å². The second-order valence-corrected chi connectivity index (χ2v) is 4.32. The second-order valence-electron chi connectivity index (χ2n) is 4.32. The van der Waals surface area contributed by atoms with Crippen molar-refractivity contribution in [2.75, 3.05) is 6.54 Å². The van der Waals surface area contributed by atoms with Gasteiger partial charge in [-0.25, -0.2) is 11.4 Å². The average molecular weight is 188 g/mol. The van der Waals surface area contributed by atoms with E-state index in [9.17, 15) is 4.79 Å². The third-order valence-corrected chi connectivity index (χ3v) is 2.31. The average Bonchev–Trinajstić information content (AvgIpc) is 2.02. The maximum atomic E-state index is 11.6. The monoisotopic (exact) mass is 188 g/mol. The molecule has 0 unspecified atom stereocenters. The van der Waals surface area contributed by atoms with Gasteiger partial charge in [-0.1, -0.05) is 13.8 Å². The highest BCUT2D eigenvalue weighted by atomic mass is 16.1. The van der Waals surface area contributed by atoms with Gasteiger partial charge in [0.05, 0.1) is 6.57 Å². The molecule has 72 valence electrons. The van der Waals surface area contributed by atoms with Crippen molar-refractivity contribution in [3.8, 4) is 0 Å². The molecule has 0 amide bonds. The lowest BCUT2D eigenvalue weighted by atomic mass is 9.75. The van der Waals surface area contributed by atoms with Crippen LogP contribution in [0.1, 0.15) is 26.7 Å². The zero-order valence-electron chi connectivity index (χ0n) is 8.42. The molecule has 0 aliphatic heterocycles. The summed E-state index contributed by atoms with van der Waals surface area (Å²) in [6.45, 7) is 17.9. The van der Waals surface area contributed by atoms with E-state index in [-0.39, 0.29) is 23.4 Å². The lowest BCUT2D eigenvalue weighted by molar-refractivity contribution is -0.117. The van der Waals surface area contributed by atoms with Crippen LogP contribution in [0.3, 0.4) is 0 Å². The summed E-state index contributed by atoms with van der Waals surface area (Å²) in [5, 5.41) is 0. The van der Waals surface area contributed by atoms with E-state index in [1.165, 1.54) is 0 Å². The van der Waals surface area contributed by atoms with Crippen LogP contribution in [0.15, 0.2) is 11.3 Å². The van der Waals surface area contributed by atoms with Gasteiger partial charge in [-0.05, 0) is 11.8 Å². The largest absolute Gasteiger partial charge is 0.314 e. The highest BCUT2D eigenvalue weighted by molar-refractivity contribution is 5.99. The van der Waals surface area contributed by atoms with Crippen LogP contribution in [0.25, 0.3) is 9.69 Å². The van der Waals surface area contributed by atoms with Gasteiger partial charge in [0, 0.05) is 12.0 Å². The molecule has 0 aromatic carbocycles. The highest BCUT2D eigenvalue weighted by Gasteiger charge is 2.33. The molecule has 0 radical (unpaired) electrons. The van der Waals surface area contributed by atoms with Crippen molar-refractivity contribution in [2.24, 2.45) is 5.41 Å². The molecule has 0 N–H and O–H groups in total. The third-order valence-electron chi connectivity index (χ3n) is 2.31. The summed E-state index contributed by atoms with van der Waals surface area (Å²) in [6.07, 6.45) is 1.12. The summed E-state index contributed by atoms with van der Waals surface area (Å²) in [5.41, 5.74) is 0.835. The van der Waals surface area contributed by atoms with Crippen molar-refractivity contribution < 1.29 is 4.79 Å². The number of carbonyl (C=O) groups is 1. The topological polar surface area (TPSA) is 25.8 Å².